The summed E-state index contributed by atoms with van der Waals surface area (Å²) >= 11 is -0.681. The summed E-state index contributed by atoms with van der Waals surface area (Å²) in [7, 11) is 0. The SMILES string of the molecule is CSc1ccccc1S(=O)[O-]. The summed E-state index contributed by atoms with van der Waals surface area (Å²) in [5.41, 5.74) is 0. The van der Waals surface area contributed by atoms with Gasteiger partial charge >= 0.3 is 0 Å². The highest BCUT2D eigenvalue weighted by Gasteiger charge is 1.98. The van der Waals surface area contributed by atoms with Gasteiger partial charge in [-0.25, -0.2) is 0 Å². The maximum Gasteiger partial charge on any atom is 0.0384 e. The Labute approximate surface area is 72.3 Å². The first-order chi connectivity index (χ1) is 5.25. The molecule has 0 amide bonds. The average molecular weight is 187 g/mol. The fourth-order valence-corrected chi connectivity index (χ4v) is 2.12. The number of rotatable bonds is 2. The zero-order chi connectivity index (χ0) is 8.27. The van der Waals surface area contributed by atoms with Gasteiger partial charge in [0.05, 0.1) is 0 Å². The first kappa shape index (κ1) is 8.77. The molecule has 1 aromatic carbocycles. The first-order valence-electron chi connectivity index (χ1n) is 2.98. The van der Waals surface area contributed by atoms with E-state index in [4.69, 9.17) is 0 Å². The van der Waals surface area contributed by atoms with Gasteiger partial charge in [0.25, 0.3) is 0 Å². The Morgan fingerprint density at radius 3 is 2.55 bits per heavy atom. The molecule has 4 heteroatoms. The molecule has 1 atom stereocenters. The molecular weight excluding hydrogens is 180 g/mol. The second-order valence-electron chi connectivity index (χ2n) is 1.89. The van der Waals surface area contributed by atoms with Gasteiger partial charge < -0.3 is 4.55 Å². The van der Waals surface area contributed by atoms with Crippen molar-refractivity contribution in [1.29, 1.82) is 0 Å². The molecule has 2 nitrogen and oxygen atoms in total. The van der Waals surface area contributed by atoms with Gasteiger partial charge in [0.15, 0.2) is 0 Å². The van der Waals surface area contributed by atoms with E-state index in [1.807, 2.05) is 12.3 Å². The van der Waals surface area contributed by atoms with E-state index in [0.29, 0.717) is 4.90 Å². The van der Waals surface area contributed by atoms with Crippen molar-refractivity contribution in [3.05, 3.63) is 24.3 Å². The van der Waals surface area contributed by atoms with E-state index in [0.717, 1.165) is 4.90 Å². The number of benzene rings is 1. The van der Waals surface area contributed by atoms with Crippen LogP contribution < -0.4 is 0 Å². The highest BCUT2D eigenvalue weighted by atomic mass is 32.2. The Morgan fingerprint density at radius 1 is 1.45 bits per heavy atom. The summed E-state index contributed by atoms with van der Waals surface area (Å²) in [5, 5.41) is 0. The van der Waals surface area contributed by atoms with E-state index in [-0.39, 0.29) is 0 Å². The molecule has 0 aromatic heterocycles. The lowest BCUT2D eigenvalue weighted by Gasteiger charge is -2.08. The van der Waals surface area contributed by atoms with Crippen LogP contribution in [0.3, 0.4) is 0 Å². The molecule has 60 valence electrons. The average Bonchev–Trinajstić information content (AvgIpc) is 2.04. The molecule has 0 aliphatic carbocycles. The third-order valence-corrected chi connectivity index (χ3v) is 2.89. The van der Waals surface area contributed by atoms with Gasteiger partial charge in [0, 0.05) is 9.79 Å². The van der Waals surface area contributed by atoms with Gasteiger partial charge in [-0.15, -0.1) is 11.8 Å². The van der Waals surface area contributed by atoms with Crippen LogP contribution in [0.1, 0.15) is 0 Å². The fraction of sp³-hybridized carbons (Fsp3) is 0.143. The Morgan fingerprint density at radius 2 is 2.09 bits per heavy atom. The van der Waals surface area contributed by atoms with E-state index in [1.165, 1.54) is 11.8 Å². The molecule has 0 saturated heterocycles. The van der Waals surface area contributed by atoms with Crippen molar-refractivity contribution < 1.29 is 8.76 Å². The molecule has 0 aliphatic rings. The minimum absolute atomic E-state index is 0.375. The highest BCUT2D eigenvalue weighted by molar-refractivity contribution is 7.99. The zero-order valence-corrected chi connectivity index (χ0v) is 7.58. The van der Waals surface area contributed by atoms with Gasteiger partial charge in [-0.3, -0.25) is 4.21 Å². The zero-order valence-electron chi connectivity index (χ0n) is 5.94. The van der Waals surface area contributed by atoms with E-state index in [9.17, 15) is 8.76 Å². The van der Waals surface area contributed by atoms with Crippen LogP contribution in [0.2, 0.25) is 0 Å². The fourth-order valence-electron chi connectivity index (χ4n) is 0.756. The summed E-state index contributed by atoms with van der Waals surface area (Å²) in [6, 6.07) is 6.91. The minimum atomic E-state index is -2.11. The van der Waals surface area contributed by atoms with Gasteiger partial charge in [0.1, 0.15) is 0 Å². The molecule has 0 heterocycles. The Kier molecular flexibility index (Phi) is 3.11. The second kappa shape index (κ2) is 3.90. The predicted octanol–water partition coefficient (Wildman–Crippen LogP) is 1.65. The smallest absolute Gasteiger partial charge is 0.0384 e. The maximum absolute atomic E-state index is 10.6. The van der Waals surface area contributed by atoms with Crippen molar-refractivity contribution in [2.75, 3.05) is 6.26 Å². The monoisotopic (exact) mass is 187 g/mol. The highest BCUT2D eigenvalue weighted by Crippen LogP contribution is 2.21. The number of hydrogen-bond acceptors (Lipinski definition) is 3. The van der Waals surface area contributed by atoms with E-state index < -0.39 is 11.1 Å². The van der Waals surface area contributed by atoms with Crippen molar-refractivity contribution in [2.24, 2.45) is 0 Å². The molecule has 11 heavy (non-hydrogen) atoms. The standard InChI is InChI=1S/C7H8O2S2/c1-10-6-4-2-3-5-7(6)11(8)9/h2-5H,1H3,(H,8,9)/p-1. The summed E-state index contributed by atoms with van der Waals surface area (Å²) in [5.74, 6) is 0. The summed E-state index contributed by atoms with van der Waals surface area (Å²) in [6.45, 7) is 0. The minimum Gasteiger partial charge on any atom is -0.768 e. The third kappa shape index (κ3) is 2.05. The van der Waals surface area contributed by atoms with E-state index in [1.54, 1.807) is 18.2 Å². The van der Waals surface area contributed by atoms with E-state index >= 15 is 0 Å². The summed E-state index contributed by atoms with van der Waals surface area (Å²) in [4.78, 5) is 1.17. The first-order valence-corrected chi connectivity index (χ1v) is 5.28. The van der Waals surface area contributed by atoms with Crippen molar-refractivity contribution in [3.8, 4) is 0 Å². The van der Waals surface area contributed by atoms with Crippen molar-refractivity contribution in [1.82, 2.24) is 0 Å². The molecule has 0 aliphatic heterocycles. The molecule has 1 rings (SSSR count). The molecule has 0 N–H and O–H groups in total. The number of thioether (sulfide) groups is 1. The molecular formula is C7H7O2S2-. The van der Waals surface area contributed by atoms with Crippen LogP contribution in [0.5, 0.6) is 0 Å². The lowest BCUT2D eigenvalue weighted by molar-refractivity contribution is 0.535. The lowest BCUT2D eigenvalue weighted by Crippen LogP contribution is -1.90. The molecule has 1 aromatic rings. The van der Waals surface area contributed by atoms with Crippen molar-refractivity contribution >= 4 is 22.8 Å². The van der Waals surface area contributed by atoms with Gasteiger partial charge in [-0.05, 0) is 29.5 Å². The second-order valence-corrected chi connectivity index (χ2v) is 3.64. The van der Waals surface area contributed by atoms with Crippen molar-refractivity contribution in [2.45, 2.75) is 9.79 Å². The van der Waals surface area contributed by atoms with Crippen LogP contribution in [-0.2, 0) is 11.1 Å². The van der Waals surface area contributed by atoms with Crippen LogP contribution >= 0.6 is 11.8 Å². The number of hydrogen-bond donors (Lipinski definition) is 0. The van der Waals surface area contributed by atoms with Crippen LogP contribution in [-0.4, -0.2) is 15.0 Å². The quantitative estimate of drug-likeness (QED) is 0.522. The molecule has 0 spiro atoms. The molecule has 0 bridgehead atoms. The Balaban J connectivity index is 3.12. The van der Waals surface area contributed by atoms with Crippen LogP contribution in [0, 0.1) is 0 Å². The Bertz CT molecular complexity index is 273. The molecule has 0 fully saturated rings. The van der Waals surface area contributed by atoms with Crippen molar-refractivity contribution in [3.63, 3.8) is 0 Å². The van der Waals surface area contributed by atoms with Gasteiger partial charge in [-0.1, -0.05) is 12.1 Å². The molecule has 0 saturated carbocycles. The molecule has 1 unspecified atom stereocenters. The van der Waals surface area contributed by atoms with Crippen LogP contribution in [0.25, 0.3) is 0 Å². The topological polar surface area (TPSA) is 40.1 Å². The summed E-state index contributed by atoms with van der Waals surface area (Å²) in [6.07, 6.45) is 1.85. The van der Waals surface area contributed by atoms with Crippen LogP contribution in [0.4, 0.5) is 0 Å². The van der Waals surface area contributed by atoms with E-state index in [2.05, 4.69) is 0 Å². The molecule has 0 radical (unpaired) electrons. The van der Waals surface area contributed by atoms with Crippen LogP contribution in [0.15, 0.2) is 34.1 Å². The van der Waals surface area contributed by atoms with Gasteiger partial charge in [0.2, 0.25) is 0 Å². The lowest BCUT2D eigenvalue weighted by atomic mass is 10.4. The van der Waals surface area contributed by atoms with Gasteiger partial charge in [-0.2, -0.15) is 0 Å². The Hall–Kier alpha value is -0.320. The predicted molar refractivity (Wildman–Crippen MR) is 45.4 cm³/mol. The normalized spacial score (nSPS) is 12.9. The third-order valence-electron chi connectivity index (χ3n) is 1.25. The summed E-state index contributed by atoms with van der Waals surface area (Å²) < 4.78 is 21.1. The maximum atomic E-state index is 10.6. The largest absolute Gasteiger partial charge is 0.768 e.